The van der Waals surface area contributed by atoms with Crippen LogP contribution in [0, 0.1) is 10.7 Å². The van der Waals surface area contributed by atoms with E-state index in [1.54, 1.807) is 0 Å². The van der Waals surface area contributed by atoms with E-state index in [2.05, 4.69) is 92.0 Å². The number of rotatable bonds is 0. The first kappa shape index (κ1) is 13.6. The van der Waals surface area contributed by atoms with Gasteiger partial charge in [-0.25, -0.2) is 0 Å². The van der Waals surface area contributed by atoms with Crippen LogP contribution in [0.3, 0.4) is 0 Å². The first-order valence-electron chi connectivity index (χ1n) is 6.02. The lowest BCUT2D eigenvalue weighted by atomic mass is 9.94. The van der Waals surface area contributed by atoms with Crippen molar-refractivity contribution in [1.29, 1.82) is 0 Å². The molecule has 0 spiro atoms. The van der Waals surface area contributed by atoms with Crippen LogP contribution in [-0.2, 0) is 0 Å². The van der Waals surface area contributed by atoms with Gasteiger partial charge in [0.2, 0.25) is 0 Å². The van der Waals surface area contributed by atoms with Crippen molar-refractivity contribution in [3.8, 4) is 5.75 Å². The molecular formula is C16H7I3O. The molecule has 0 amide bonds. The molecule has 0 aliphatic carbocycles. The summed E-state index contributed by atoms with van der Waals surface area (Å²) in [7, 11) is 0. The number of phenols is 1. The zero-order chi connectivity index (χ0) is 14.0. The first-order valence-corrected chi connectivity index (χ1v) is 9.25. The molecule has 0 bridgehead atoms. The molecule has 0 fully saturated rings. The van der Waals surface area contributed by atoms with Gasteiger partial charge in [0.05, 0.1) is 0 Å². The van der Waals surface area contributed by atoms with E-state index in [4.69, 9.17) is 0 Å². The van der Waals surface area contributed by atoms with Crippen molar-refractivity contribution in [2.45, 2.75) is 0 Å². The Balaban J connectivity index is 2.47. The van der Waals surface area contributed by atoms with E-state index < -0.39 is 0 Å². The predicted octanol–water partition coefficient (Wildman–Crippen LogP) is 6.10. The van der Waals surface area contributed by atoms with Gasteiger partial charge in [-0.15, -0.1) is 0 Å². The first-order chi connectivity index (χ1) is 9.58. The lowest BCUT2D eigenvalue weighted by molar-refractivity contribution is 0.481. The van der Waals surface area contributed by atoms with E-state index in [-0.39, 0.29) is 0 Å². The molecule has 0 heterocycles. The molecule has 0 radical (unpaired) electrons. The summed E-state index contributed by atoms with van der Waals surface area (Å²) < 4.78 is 3.61. The van der Waals surface area contributed by atoms with Crippen molar-refractivity contribution in [2.24, 2.45) is 0 Å². The van der Waals surface area contributed by atoms with Crippen molar-refractivity contribution < 1.29 is 5.11 Å². The van der Waals surface area contributed by atoms with Gasteiger partial charge in [0, 0.05) is 21.5 Å². The molecule has 0 saturated heterocycles. The van der Waals surface area contributed by atoms with Gasteiger partial charge in [-0.2, -0.15) is 0 Å². The van der Waals surface area contributed by atoms with Crippen molar-refractivity contribution >= 4 is 100 Å². The Morgan fingerprint density at radius 3 is 1.55 bits per heavy atom. The molecule has 20 heavy (non-hydrogen) atoms. The molecule has 0 unspecified atom stereocenters. The molecular weight excluding hydrogens is 589 g/mol. The standard InChI is InChI=1S/C16H7I3O/c17-11-5-12(18)8-3-4-10-14(20)6-13(19)9-2-1-7(11)15(8)16(9)10/h1-6,20H. The van der Waals surface area contributed by atoms with E-state index in [9.17, 15) is 5.11 Å². The number of aromatic hydroxyl groups is 1. The van der Waals surface area contributed by atoms with Gasteiger partial charge in [0.25, 0.3) is 0 Å². The summed E-state index contributed by atoms with van der Waals surface area (Å²) in [4.78, 5) is 0. The lowest BCUT2D eigenvalue weighted by Crippen LogP contribution is -1.90. The predicted molar refractivity (Wildman–Crippen MR) is 110 cm³/mol. The minimum Gasteiger partial charge on any atom is -0.507 e. The maximum atomic E-state index is 10.3. The number of hydrogen-bond donors (Lipinski definition) is 1. The third-order valence-electron chi connectivity index (χ3n) is 3.73. The largest absolute Gasteiger partial charge is 0.507 e. The summed E-state index contributed by atoms with van der Waals surface area (Å²) in [5.41, 5.74) is 0. The van der Waals surface area contributed by atoms with Gasteiger partial charge in [0.15, 0.2) is 0 Å². The minimum absolute atomic E-state index is 0.366. The fourth-order valence-electron chi connectivity index (χ4n) is 2.85. The van der Waals surface area contributed by atoms with Crippen molar-refractivity contribution in [1.82, 2.24) is 0 Å². The van der Waals surface area contributed by atoms with Crippen molar-refractivity contribution in [3.63, 3.8) is 0 Å². The van der Waals surface area contributed by atoms with Crippen LogP contribution < -0.4 is 0 Å². The van der Waals surface area contributed by atoms with Gasteiger partial charge >= 0.3 is 0 Å². The molecule has 4 heteroatoms. The molecule has 1 N–H and O–H groups in total. The minimum atomic E-state index is 0.366. The Morgan fingerprint density at radius 2 is 1.00 bits per heavy atom. The van der Waals surface area contributed by atoms with Crippen LogP contribution in [0.2, 0.25) is 0 Å². The molecule has 1 nitrogen and oxygen atoms in total. The second-order valence-electron chi connectivity index (χ2n) is 4.79. The van der Waals surface area contributed by atoms with Crippen LogP contribution in [0.4, 0.5) is 0 Å². The summed E-state index contributed by atoms with van der Waals surface area (Å²) in [6.45, 7) is 0. The SMILES string of the molecule is Oc1cc(I)c2ccc3c(I)cc(I)c4ccc1c2c43. The highest BCUT2D eigenvalue weighted by Crippen LogP contribution is 2.42. The zero-order valence-electron chi connectivity index (χ0n) is 10.0. The van der Waals surface area contributed by atoms with E-state index in [0.717, 1.165) is 8.96 Å². The van der Waals surface area contributed by atoms with Gasteiger partial charge in [0.1, 0.15) is 5.75 Å². The Bertz CT molecular complexity index is 838. The Kier molecular flexibility index (Phi) is 3.19. The molecule has 0 aliphatic rings. The fraction of sp³-hybridized carbons (Fsp3) is 0. The van der Waals surface area contributed by atoms with E-state index in [0.29, 0.717) is 5.75 Å². The maximum Gasteiger partial charge on any atom is 0.124 e. The Hall–Kier alpha value is -0.0900. The van der Waals surface area contributed by atoms with Crippen LogP contribution >= 0.6 is 67.8 Å². The third-order valence-corrected chi connectivity index (χ3v) is 6.40. The monoisotopic (exact) mass is 596 g/mol. The molecule has 4 aromatic carbocycles. The summed E-state index contributed by atoms with van der Waals surface area (Å²) in [5.74, 6) is 0.366. The van der Waals surface area contributed by atoms with E-state index in [1.807, 2.05) is 12.1 Å². The smallest absolute Gasteiger partial charge is 0.124 e. The van der Waals surface area contributed by atoms with Crippen LogP contribution in [-0.4, -0.2) is 5.11 Å². The summed E-state index contributed by atoms with van der Waals surface area (Å²) in [5, 5.41) is 17.4. The molecule has 98 valence electrons. The topological polar surface area (TPSA) is 20.2 Å². The molecule has 0 aromatic heterocycles. The van der Waals surface area contributed by atoms with Crippen LogP contribution in [0.15, 0.2) is 36.4 Å². The van der Waals surface area contributed by atoms with Gasteiger partial charge in [-0.1, -0.05) is 18.2 Å². The van der Waals surface area contributed by atoms with Gasteiger partial charge in [-0.3, -0.25) is 0 Å². The summed E-state index contributed by atoms with van der Waals surface area (Å²) in [6, 6.07) is 12.6. The van der Waals surface area contributed by atoms with Crippen LogP contribution in [0.1, 0.15) is 0 Å². The quantitative estimate of drug-likeness (QED) is 0.192. The number of benzene rings is 4. The average Bonchev–Trinajstić information content (AvgIpc) is 2.42. The Morgan fingerprint density at radius 1 is 0.600 bits per heavy atom. The molecule has 0 aliphatic heterocycles. The lowest BCUT2D eigenvalue weighted by Gasteiger charge is -2.15. The van der Waals surface area contributed by atoms with Gasteiger partial charge < -0.3 is 5.11 Å². The highest BCUT2D eigenvalue weighted by atomic mass is 127. The maximum absolute atomic E-state index is 10.3. The Labute approximate surface area is 156 Å². The second kappa shape index (κ2) is 4.70. The molecule has 4 aromatic rings. The number of halogens is 3. The van der Waals surface area contributed by atoms with Gasteiger partial charge in [-0.05, 0) is 108 Å². The molecule has 0 saturated carbocycles. The van der Waals surface area contributed by atoms with E-state index >= 15 is 0 Å². The molecule has 0 atom stereocenters. The zero-order valence-corrected chi connectivity index (χ0v) is 16.5. The van der Waals surface area contributed by atoms with Crippen molar-refractivity contribution in [2.75, 3.05) is 0 Å². The highest BCUT2D eigenvalue weighted by molar-refractivity contribution is 14.1. The molecule has 4 rings (SSSR count). The number of phenolic OH excluding ortho intramolecular Hbond substituents is 1. The average molecular weight is 596 g/mol. The van der Waals surface area contributed by atoms with E-state index in [1.165, 1.54) is 34.1 Å². The van der Waals surface area contributed by atoms with Crippen LogP contribution in [0.25, 0.3) is 32.3 Å². The number of hydrogen-bond acceptors (Lipinski definition) is 1. The normalized spacial score (nSPS) is 11.9. The second-order valence-corrected chi connectivity index (χ2v) is 8.28. The summed E-state index contributed by atoms with van der Waals surface area (Å²) >= 11 is 7.08. The highest BCUT2D eigenvalue weighted by Gasteiger charge is 2.15. The summed E-state index contributed by atoms with van der Waals surface area (Å²) in [6.07, 6.45) is 0. The third kappa shape index (κ3) is 1.76. The van der Waals surface area contributed by atoms with Crippen molar-refractivity contribution in [3.05, 3.63) is 47.1 Å². The van der Waals surface area contributed by atoms with Crippen LogP contribution in [0.5, 0.6) is 5.75 Å². The fourth-order valence-corrected chi connectivity index (χ4v) is 5.71.